The van der Waals surface area contributed by atoms with Crippen molar-refractivity contribution >= 4 is 21.7 Å². The number of sulfone groups is 1. The second-order valence-electron chi connectivity index (χ2n) is 9.68. The zero-order valence-electron chi connectivity index (χ0n) is 20.9. The number of halogens is 3. The molecule has 0 unspecified atom stereocenters. The number of carbonyl (C=O) groups excluding carboxylic acids is 2. The maximum atomic E-state index is 13.2. The Kier molecular flexibility index (Phi) is 7.87. The van der Waals surface area contributed by atoms with Crippen LogP contribution in [0.5, 0.6) is 11.5 Å². The number of hydrogen-bond acceptors (Lipinski definition) is 5. The Bertz CT molecular complexity index is 1330. The second kappa shape index (κ2) is 10.8. The summed E-state index contributed by atoms with van der Waals surface area (Å²) in [6.45, 7) is 4.88. The Labute approximate surface area is 219 Å². The summed E-state index contributed by atoms with van der Waals surface area (Å²) in [6.07, 6.45) is -1.06. The van der Waals surface area contributed by atoms with Gasteiger partial charge < -0.3 is 14.5 Å². The molecular formula is C27H29F3N2O5S. The standard InChI is InChI=1S/C27H29F3N2O5S/c1-3-24(33)31-13-10-19(17-31)26-23-16-22(37-21-8-5-20(6-9-21)27(28,29)30)7-4-18(23)11-14-32(26)25(34)12-15-38(2,35)36/h3-9,16,19,26H,1,10-15,17H2,2H3/t19-,26-/m0/s1. The highest BCUT2D eigenvalue weighted by molar-refractivity contribution is 7.90. The number of alkyl halides is 3. The van der Waals surface area contributed by atoms with Gasteiger partial charge in [-0.2, -0.15) is 13.2 Å². The molecule has 2 aromatic rings. The van der Waals surface area contributed by atoms with Crippen molar-refractivity contribution in [2.24, 2.45) is 5.92 Å². The summed E-state index contributed by atoms with van der Waals surface area (Å²) in [6, 6.07) is 9.37. The number of nitrogens with zero attached hydrogens (tertiary/aromatic N) is 2. The van der Waals surface area contributed by atoms with Crippen LogP contribution in [0.15, 0.2) is 55.1 Å². The fourth-order valence-corrected chi connectivity index (χ4v) is 5.66. The van der Waals surface area contributed by atoms with Crippen LogP contribution in [0, 0.1) is 5.92 Å². The minimum Gasteiger partial charge on any atom is -0.457 e. The molecular weight excluding hydrogens is 521 g/mol. The van der Waals surface area contributed by atoms with Crippen LogP contribution in [-0.4, -0.2) is 61.7 Å². The number of amides is 2. The summed E-state index contributed by atoms with van der Waals surface area (Å²) in [5.41, 5.74) is 1.04. The molecule has 0 radical (unpaired) electrons. The van der Waals surface area contributed by atoms with E-state index < -0.39 is 27.6 Å². The van der Waals surface area contributed by atoms with Gasteiger partial charge in [-0.1, -0.05) is 12.6 Å². The van der Waals surface area contributed by atoms with E-state index in [2.05, 4.69) is 6.58 Å². The lowest BCUT2D eigenvalue weighted by atomic mass is 9.83. The molecule has 38 heavy (non-hydrogen) atoms. The van der Waals surface area contributed by atoms with E-state index in [1.54, 1.807) is 21.9 Å². The third-order valence-corrected chi connectivity index (χ3v) is 7.92. The number of benzene rings is 2. The Balaban J connectivity index is 1.64. The molecule has 2 aromatic carbocycles. The van der Waals surface area contributed by atoms with Crippen LogP contribution in [0.2, 0.25) is 0 Å². The largest absolute Gasteiger partial charge is 0.457 e. The Morgan fingerprint density at radius 2 is 1.79 bits per heavy atom. The minimum absolute atomic E-state index is 0.0959. The first-order valence-corrected chi connectivity index (χ1v) is 14.3. The van der Waals surface area contributed by atoms with Gasteiger partial charge in [0.25, 0.3) is 0 Å². The van der Waals surface area contributed by atoms with Crippen molar-refractivity contribution in [2.75, 3.05) is 31.6 Å². The first kappa shape index (κ1) is 27.7. The molecule has 1 fully saturated rings. The lowest BCUT2D eigenvalue weighted by molar-refractivity contribution is -0.137. The van der Waals surface area contributed by atoms with Gasteiger partial charge in [0.2, 0.25) is 11.8 Å². The van der Waals surface area contributed by atoms with Crippen LogP contribution in [0.25, 0.3) is 0 Å². The van der Waals surface area contributed by atoms with Crippen LogP contribution >= 0.6 is 0 Å². The first-order valence-electron chi connectivity index (χ1n) is 12.2. The zero-order valence-corrected chi connectivity index (χ0v) is 21.7. The van der Waals surface area contributed by atoms with Gasteiger partial charge in [0.1, 0.15) is 21.3 Å². The molecule has 7 nitrogen and oxygen atoms in total. The van der Waals surface area contributed by atoms with Gasteiger partial charge in [0.05, 0.1) is 17.4 Å². The number of ether oxygens (including phenoxy) is 1. The maximum Gasteiger partial charge on any atom is 0.416 e. The third kappa shape index (κ3) is 6.38. The monoisotopic (exact) mass is 550 g/mol. The van der Waals surface area contributed by atoms with Gasteiger partial charge >= 0.3 is 6.18 Å². The number of carbonyl (C=O) groups is 2. The fourth-order valence-electron chi connectivity index (χ4n) is 5.11. The van der Waals surface area contributed by atoms with E-state index in [0.29, 0.717) is 38.2 Å². The SMILES string of the molecule is C=CC(=O)N1CC[C@H]([C@H]2c3cc(Oc4ccc(C(F)(F)F)cc4)ccc3CCN2C(=O)CCS(C)(=O)=O)C1. The predicted octanol–water partition coefficient (Wildman–Crippen LogP) is 4.39. The zero-order chi connectivity index (χ0) is 27.7. The predicted molar refractivity (Wildman–Crippen MR) is 135 cm³/mol. The van der Waals surface area contributed by atoms with Crippen LogP contribution in [-0.2, 0) is 32.0 Å². The van der Waals surface area contributed by atoms with Crippen molar-refractivity contribution in [1.29, 1.82) is 0 Å². The number of fused-ring (bicyclic) bond motifs is 1. The van der Waals surface area contributed by atoms with Gasteiger partial charge in [-0.3, -0.25) is 9.59 Å². The molecule has 0 saturated carbocycles. The molecule has 0 N–H and O–H groups in total. The van der Waals surface area contributed by atoms with E-state index in [0.717, 1.165) is 29.5 Å². The molecule has 0 aromatic heterocycles. The molecule has 4 rings (SSSR count). The summed E-state index contributed by atoms with van der Waals surface area (Å²) in [5, 5.41) is 0. The van der Waals surface area contributed by atoms with E-state index in [1.165, 1.54) is 18.2 Å². The average molecular weight is 551 g/mol. The number of rotatable bonds is 7. The van der Waals surface area contributed by atoms with Gasteiger partial charge in [0, 0.05) is 38.2 Å². The van der Waals surface area contributed by atoms with Crippen molar-refractivity contribution in [1.82, 2.24) is 9.80 Å². The molecule has 0 aliphatic carbocycles. The highest BCUT2D eigenvalue weighted by Crippen LogP contribution is 2.42. The molecule has 2 aliphatic rings. The van der Waals surface area contributed by atoms with E-state index in [1.807, 2.05) is 6.07 Å². The average Bonchev–Trinajstić information content (AvgIpc) is 3.35. The summed E-state index contributed by atoms with van der Waals surface area (Å²) in [7, 11) is -3.33. The first-order chi connectivity index (χ1) is 17.9. The van der Waals surface area contributed by atoms with Crippen molar-refractivity contribution in [2.45, 2.75) is 31.5 Å². The minimum atomic E-state index is -4.45. The molecule has 2 atom stereocenters. The van der Waals surface area contributed by atoms with E-state index >= 15 is 0 Å². The maximum absolute atomic E-state index is 13.2. The van der Waals surface area contributed by atoms with Crippen LogP contribution < -0.4 is 4.74 Å². The quantitative estimate of drug-likeness (QED) is 0.478. The van der Waals surface area contributed by atoms with Crippen molar-refractivity contribution in [3.63, 3.8) is 0 Å². The fraction of sp³-hybridized carbons (Fsp3) is 0.407. The van der Waals surface area contributed by atoms with Crippen LogP contribution in [0.4, 0.5) is 13.2 Å². The lowest BCUT2D eigenvalue weighted by Gasteiger charge is -2.41. The van der Waals surface area contributed by atoms with E-state index in [9.17, 15) is 31.2 Å². The molecule has 2 heterocycles. The Hall–Kier alpha value is -3.34. The molecule has 2 amide bonds. The lowest BCUT2D eigenvalue weighted by Crippen LogP contribution is -2.44. The molecule has 11 heteroatoms. The second-order valence-corrected chi connectivity index (χ2v) is 11.9. The summed E-state index contributed by atoms with van der Waals surface area (Å²) in [5.74, 6) is -0.205. The highest BCUT2D eigenvalue weighted by Gasteiger charge is 2.40. The van der Waals surface area contributed by atoms with Crippen molar-refractivity contribution in [3.8, 4) is 11.5 Å². The Morgan fingerprint density at radius 3 is 2.42 bits per heavy atom. The van der Waals surface area contributed by atoms with Gasteiger partial charge in [-0.15, -0.1) is 0 Å². The summed E-state index contributed by atoms with van der Waals surface area (Å²) < 4.78 is 68.0. The summed E-state index contributed by atoms with van der Waals surface area (Å²) in [4.78, 5) is 28.8. The van der Waals surface area contributed by atoms with Gasteiger partial charge in [0.15, 0.2) is 0 Å². The third-order valence-electron chi connectivity index (χ3n) is 6.98. The number of hydrogen-bond donors (Lipinski definition) is 0. The Morgan fingerprint density at radius 1 is 1.11 bits per heavy atom. The molecule has 204 valence electrons. The van der Waals surface area contributed by atoms with Crippen molar-refractivity contribution in [3.05, 3.63) is 71.8 Å². The smallest absolute Gasteiger partial charge is 0.416 e. The van der Waals surface area contributed by atoms with E-state index in [4.69, 9.17) is 4.74 Å². The normalized spacial score (nSPS) is 19.7. The van der Waals surface area contributed by atoms with Crippen LogP contribution in [0.3, 0.4) is 0 Å². The van der Waals surface area contributed by atoms with Crippen LogP contribution in [0.1, 0.15) is 35.6 Å². The summed E-state index contributed by atoms with van der Waals surface area (Å²) >= 11 is 0. The molecule has 0 spiro atoms. The van der Waals surface area contributed by atoms with Gasteiger partial charge in [-0.05, 0) is 66.4 Å². The molecule has 2 aliphatic heterocycles. The molecule has 0 bridgehead atoms. The topological polar surface area (TPSA) is 84.0 Å². The van der Waals surface area contributed by atoms with Gasteiger partial charge in [-0.25, -0.2) is 8.42 Å². The molecule has 1 saturated heterocycles. The highest BCUT2D eigenvalue weighted by atomic mass is 32.2. The number of likely N-dealkylation sites (tertiary alicyclic amines) is 1. The van der Waals surface area contributed by atoms with Crippen molar-refractivity contribution < 1.29 is 35.9 Å². The van der Waals surface area contributed by atoms with E-state index in [-0.39, 0.29) is 35.7 Å².